The largest absolute Gasteiger partial charge is 0.391 e. The SMILES string of the molecule is O=C(C1CNCCN1)N1CCCC(O)C1. The summed E-state index contributed by atoms with van der Waals surface area (Å²) < 4.78 is 0. The number of nitrogens with one attached hydrogen (secondary N) is 2. The Labute approximate surface area is 89.8 Å². The zero-order valence-corrected chi connectivity index (χ0v) is 8.91. The van der Waals surface area contributed by atoms with Crippen LogP contribution in [-0.2, 0) is 4.79 Å². The minimum Gasteiger partial charge on any atom is -0.391 e. The monoisotopic (exact) mass is 213 g/mol. The zero-order valence-electron chi connectivity index (χ0n) is 8.91. The molecule has 15 heavy (non-hydrogen) atoms. The molecule has 2 unspecified atom stereocenters. The average Bonchev–Trinajstić information content (AvgIpc) is 2.29. The smallest absolute Gasteiger partial charge is 0.241 e. The summed E-state index contributed by atoms with van der Waals surface area (Å²) >= 11 is 0. The van der Waals surface area contributed by atoms with Gasteiger partial charge in [-0.3, -0.25) is 4.79 Å². The molecule has 0 spiro atoms. The Morgan fingerprint density at radius 3 is 2.93 bits per heavy atom. The van der Waals surface area contributed by atoms with E-state index in [4.69, 9.17) is 0 Å². The van der Waals surface area contributed by atoms with Crippen LogP contribution in [0, 0.1) is 0 Å². The van der Waals surface area contributed by atoms with Gasteiger partial charge in [0, 0.05) is 32.7 Å². The van der Waals surface area contributed by atoms with Crippen LogP contribution in [0.25, 0.3) is 0 Å². The molecule has 5 nitrogen and oxygen atoms in total. The fourth-order valence-corrected chi connectivity index (χ4v) is 2.20. The van der Waals surface area contributed by atoms with Crippen LogP contribution in [0.4, 0.5) is 0 Å². The van der Waals surface area contributed by atoms with Crippen LogP contribution < -0.4 is 10.6 Å². The number of amides is 1. The van der Waals surface area contributed by atoms with Gasteiger partial charge in [-0.15, -0.1) is 0 Å². The molecule has 0 saturated carbocycles. The average molecular weight is 213 g/mol. The van der Waals surface area contributed by atoms with E-state index in [9.17, 15) is 9.90 Å². The van der Waals surface area contributed by atoms with Crippen LogP contribution in [0.1, 0.15) is 12.8 Å². The zero-order chi connectivity index (χ0) is 10.7. The van der Waals surface area contributed by atoms with Crippen molar-refractivity contribution in [3.63, 3.8) is 0 Å². The molecule has 0 aromatic rings. The molecule has 0 radical (unpaired) electrons. The number of hydrogen-bond donors (Lipinski definition) is 3. The highest BCUT2D eigenvalue weighted by Crippen LogP contribution is 2.11. The first-order valence-corrected chi connectivity index (χ1v) is 5.68. The van der Waals surface area contributed by atoms with Crippen molar-refractivity contribution in [2.45, 2.75) is 25.0 Å². The molecule has 0 aromatic heterocycles. The number of nitrogens with zero attached hydrogens (tertiary/aromatic N) is 1. The second-order valence-corrected chi connectivity index (χ2v) is 4.29. The van der Waals surface area contributed by atoms with Crippen LogP contribution >= 0.6 is 0 Å². The van der Waals surface area contributed by atoms with Gasteiger partial charge in [0.15, 0.2) is 0 Å². The third kappa shape index (κ3) is 2.68. The molecule has 2 rings (SSSR count). The standard InChI is InChI=1S/C10H19N3O2/c14-8-2-1-5-13(7-8)10(15)9-6-11-3-4-12-9/h8-9,11-12,14H,1-7H2. The summed E-state index contributed by atoms with van der Waals surface area (Å²) in [5, 5.41) is 15.9. The fourth-order valence-electron chi connectivity index (χ4n) is 2.20. The normalized spacial score (nSPS) is 32.7. The number of β-amino-alcohol motifs (C(OH)–C–C–N with tert-alkyl or cyclic N) is 1. The van der Waals surface area contributed by atoms with Crippen LogP contribution in [0.2, 0.25) is 0 Å². The van der Waals surface area contributed by atoms with E-state index in [1.165, 1.54) is 0 Å². The van der Waals surface area contributed by atoms with Gasteiger partial charge in [0.1, 0.15) is 0 Å². The Morgan fingerprint density at radius 2 is 2.27 bits per heavy atom. The number of likely N-dealkylation sites (tertiary alicyclic amines) is 1. The van der Waals surface area contributed by atoms with Gasteiger partial charge in [-0.25, -0.2) is 0 Å². The third-order valence-corrected chi connectivity index (χ3v) is 3.05. The molecule has 0 aliphatic carbocycles. The Kier molecular flexibility index (Phi) is 3.56. The van der Waals surface area contributed by atoms with Gasteiger partial charge in [-0.2, -0.15) is 0 Å². The topological polar surface area (TPSA) is 64.6 Å². The lowest BCUT2D eigenvalue weighted by molar-refractivity contribution is -0.136. The highest BCUT2D eigenvalue weighted by atomic mass is 16.3. The molecule has 86 valence electrons. The highest BCUT2D eigenvalue weighted by molar-refractivity contribution is 5.82. The van der Waals surface area contributed by atoms with Crippen LogP contribution in [-0.4, -0.2) is 60.8 Å². The minimum absolute atomic E-state index is 0.107. The first-order chi connectivity index (χ1) is 7.27. The molecule has 5 heteroatoms. The second-order valence-electron chi connectivity index (χ2n) is 4.29. The molecule has 0 aromatic carbocycles. The number of rotatable bonds is 1. The van der Waals surface area contributed by atoms with Gasteiger partial charge in [0.25, 0.3) is 0 Å². The molecule has 1 amide bonds. The summed E-state index contributed by atoms with van der Waals surface area (Å²) in [4.78, 5) is 13.8. The predicted molar refractivity (Wildman–Crippen MR) is 56.5 cm³/mol. The summed E-state index contributed by atoms with van der Waals surface area (Å²) in [6.45, 7) is 3.75. The lowest BCUT2D eigenvalue weighted by Gasteiger charge is -2.34. The molecule has 2 aliphatic heterocycles. The van der Waals surface area contributed by atoms with Crippen LogP contribution in [0.5, 0.6) is 0 Å². The number of piperidine rings is 1. The second kappa shape index (κ2) is 4.92. The molecule has 2 fully saturated rings. The van der Waals surface area contributed by atoms with E-state index in [0.29, 0.717) is 13.1 Å². The molecule has 0 bridgehead atoms. The highest BCUT2D eigenvalue weighted by Gasteiger charge is 2.28. The van der Waals surface area contributed by atoms with Crippen molar-refractivity contribution in [2.75, 3.05) is 32.7 Å². The summed E-state index contributed by atoms with van der Waals surface area (Å²) in [6, 6.07) is -0.107. The number of carbonyl (C=O) groups excluding carboxylic acids is 1. The van der Waals surface area contributed by atoms with Crippen molar-refractivity contribution in [1.29, 1.82) is 0 Å². The Balaban J connectivity index is 1.88. The number of hydrogen-bond acceptors (Lipinski definition) is 4. The summed E-state index contributed by atoms with van der Waals surface area (Å²) in [6.07, 6.45) is 1.40. The summed E-state index contributed by atoms with van der Waals surface area (Å²) in [5.74, 6) is 0.126. The van der Waals surface area contributed by atoms with E-state index >= 15 is 0 Å². The molecule has 2 heterocycles. The van der Waals surface area contributed by atoms with E-state index in [1.54, 1.807) is 4.90 Å². The van der Waals surface area contributed by atoms with Crippen molar-refractivity contribution in [3.8, 4) is 0 Å². The van der Waals surface area contributed by atoms with E-state index < -0.39 is 0 Å². The van der Waals surface area contributed by atoms with E-state index in [2.05, 4.69) is 10.6 Å². The Morgan fingerprint density at radius 1 is 1.40 bits per heavy atom. The van der Waals surface area contributed by atoms with Gasteiger partial charge < -0.3 is 20.6 Å². The van der Waals surface area contributed by atoms with Crippen molar-refractivity contribution in [3.05, 3.63) is 0 Å². The number of carbonyl (C=O) groups is 1. The predicted octanol–water partition coefficient (Wildman–Crippen LogP) is -1.47. The van der Waals surface area contributed by atoms with Crippen molar-refractivity contribution in [1.82, 2.24) is 15.5 Å². The summed E-state index contributed by atoms with van der Waals surface area (Å²) in [7, 11) is 0. The van der Waals surface area contributed by atoms with Crippen molar-refractivity contribution >= 4 is 5.91 Å². The van der Waals surface area contributed by atoms with E-state index in [-0.39, 0.29) is 18.1 Å². The minimum atomic E-state index is -0.334. The molecular weight excluding hydrogens is 194 g/mol. The van der Waals surface area contributed by atoms with E-state index in [1.807, 2.05) is 0 Å². The van der Waals surface area contributed by atoms with Gasteiger partial charge in [-0.1, -0.05) is 0 Å². The molecule has 2 atom stereocenters. The molecule has 2 aliphatic rings. The molecule has 3 N–H and O–H groups in total. The Bertz CT molecular complexity index is 229. The first kappa shape index (κ1) is 10.9. The first-order valence-electron chi connectivity index (χ1n) is 5.68. The third-order valence-electron chi connectivity index (χ3n) is 3.05. The summed E-state index contributed by atoms with van der Waals surface area (Å²) in [5.41, 5.74) is 0. The lowest BCUT2D eigenvalue weighted by atomic mass is 10.1. The number of aliphatic hydroxyl groups excluding tert-OH is 1. The maximum absolute atomic E-state index is 12.0. The van der Waals surface area contributed by atoms with E-state index in [0.717, 1.165) is 32.5 Å². The molecular formula is C10H19N3O2. The van der Waals surface area contributed by atoms with Crippen LogP contribution in [0.3, 0.4) is 0 Å². The maximum atomic E-state index is 12.0. The van der Waals surface area contributed by atoms with Gasteiger partial charge in [0.05, 0.1) is 12.1 Å². The fraction of sp³-hybridized carbons (Fsp3) is 0.900. The number of piperazine rings is 1. The Hall–Kier alpha value is -0.650. The lowest BCUT2D eigenvalue weighted by Crippen LogP contribution is -2.58. The quantitative estimate of drug-likeness (QED) is 0.498. The maximum Gasteiger partial charge on any atom is 0.241 e. The van der Waals surface area contributed by atoms with Gasteiger partial charge in [0.2, 0.25) is 5.91 Å². The van der Waals surface area contributed by atoms with Crippen molar-refractivity contribution in [2.24, 2.45) is 0 Å². The van der Waals surface area contributed by atoms with Crippen molar-refractivity contribution < 1.29 is 9.90 Å². The van der Waals surface area contributed by atoms with Crippen LogP contribution in [0.15, 0.2) is 0 Å². The number of aliphatic hydroxyl groups is 1. The van der Waals surface area contributed by atoms with Gasteiger partial charge in [-0.05, 0) is 12.8 Å². The molecule has 2 saturated heterocycles. The van der Waals surface area contributed by atoms with Gasteiger partial charge >= 0.3 is 0 Å².